The SMILES string of the molecule is CCn1cc(Br)cc1C(=O)N(C)c1cccc(C)c1. The van der Waals surface area contributed by atoms with Crippen LogP contribution in [-0.2, 0) is 6.54 Å². The third kappa shape index (κ3) is 2.89. The number of amides is 1. The van der Waals surface area contributed by atoms with E-state index in [1.165, 1.54) is 0 Å². The summed E-state index contributed by atoms with van der Waals surface area (Å²) in [4.78, 5) is 14.2. The molecule has 0 bridgehead atoms. The summed E-state index contributed by atoms with van der Waals surface area (Å²) in [5.74, 6) is -0.00171. The van der Waals surface area contributed by atoms with Gasteiger partial charge in [0.1, 0.15) is 5.69 Å². The van der Waals surface area contributed by atoms with Gasteiger partial charge in [-0.3, -0.25) is 4.79 Å². The summed E-state index contributed by atoms with van der Waals surface area (Å²) < 4.78 is 2.87. The van der Waals surface area contributed by atoms with Gasteiger partial charge in [0.15, 0.2) is 0 Å². The van der Waals surface area contributed by atoms with Crippen molar-refractivity contribution in [1.29, 1.82) is 0 Å². The second kappa shape index (κ2) is 5.61. The van der Waals surface area contributed by atoms with Crippen molar-refractivity contribution in [2.75, 3.05) is 11.9 Å². The fourth-order valence-electron chi connectivity index (χ4n) is 2.04. The summed E-state index contributed by atoms with van der Waals surface area (Å²) in [7, 11) is 1.80. The Labute approximate surface area is 122 Å². The van der Waals surface area contributed by atoms with E-state index in [-0.39, 0.29) is 5.91 Å². The van der Waals surface area contributed by atoms with Crippen LogP contribution in [0.5, 0.6) is 0 Å². The number of rotatable bonds is 3. The molecule has 3 nitrogen and oxygen atoms in total. The number of benzene rings is 1. The van der Waals surface area contributed by atoms with Gasteiger partial charge in [0.2, 0.25) is 0 Å². The van der Waals surface area contributed by atoms with Gasteiger partial charge in [-0.15, -0.1) is 0 Å². The van der Waals surface area contributed by atoms with E-state index in [1.807, 2.05) is 54.9 Å². The topological polar surface area (TPSA) is 25.2 Å². The molecule has 0 aliphatic heterocycles. The van der Waals surface area contributed by atoms with Crippen molar-refractivity contribution in [3.63, 3.8) is 0 Å². The second-order valence-corrected chi connectivity index (χ2v) is 5.45. The zero-order chi connectivity index (χ0) is 14.0. The van der Waals surface area contributed by atoms with Crippen molar-refractivity contribution < 1.29 is 4.79 Å². The Hall–Kier alpha value is -1.55. The predicted octanol–water partition coefficient (Wildman–Crippen LogP) is 3.86. The molecule has 1 amide bonds. The van der Waals surface area contributed by atoms with Gasteiger partial charge in [-0.05, 0) is 53.5 Å². The Morgan fingerprint density at radius 1 is 1.37 bits per heavy atom. The molecule has 2 aromatic rings. The molecule has 0 aliphatic rings. The van der Waals surface area contributed by atoms with Crippen LogP contribution in [0.4, 0.5) is 5.69 Å². The van der Waals surface area contributed by atoms with E-state index in [0.29, 0.717) is 5.69 Å². The molecule has 100 valence electrons. The number of anilines is 1. The summed E-state index contributed by atoms with van der Waals surface area (Å²) in [5, 5.41) is 0. The summed E-state index contributed by atoms with van der Waals surface area (Å²) in [6, 6.07) is 9.79. The zero-order valence-electron chi connectivity index (χ0n) is 11.4. The minimum atomic E-state index is -0.00171. The lowest BCUT2D eigenvalue weighted by atomic mass is 10.2. The Morgan fingerprint density at radius 2 is 2.11 bits per heavy atom. The number of hydrogen-bond donors (Lipinski definition) is 0. The molecule has 1 heterocycles. The number of carbonyl (C=O) groups excluding carboxylic acids is 1. The average molecular weight is 321 g/mol. The van der Waals surface area contributed by atoms with E-state index in [2.05, 4.69) is 15.9 Å². The lowest BCUT2D eigenvalue weighted by Crippen LogP contribution is -2.28. The van der Waals surface area contributed by atoms with Gasteiger partial charge in [0.25, 0.3) is 5.91 Å². The standard InChI is InChI=1S/C15H17BrN2O/c1-4-18-10-12(16)9-14(18)15(19)17(3)13-7-5-6-11(2)8-13/h5-10H,4H2,1-3H3. The molecule has 0 aliphatic carbocycles. The predicted molar refractivity (Wildman–Crippen MR) is 81.7 cm³/mol. The van der Waals surface area contributed by atoms with E-state index in [9.17, 15) is 4.79 Å². The van der Waals surface area contributed by atoms with Crippen molar-refractivity contribution in [2.45, 2.75) is 20.4 Å². The van der Waals surface area contributed by atoms with Crippen LogP contribution < -0.4 is 4.90 Å². The fourth-order valence-corrected chi connectivity index (χ4v) is 2.51. The molecule has 0 atom stereocenters. The van der Waals surface area contributed by atoms with Crippen LogP contribution in [0.3, 0.4) is 0 Å². The first-order valence-corrected chi connectivity index (χ1v) is 7.02. The van der Waals surface area contributed by atoms with Crippen molar-refractivity contribution >= 4 is 27.5 Å². The van der Waals surface area contributed by atoms with Gasteiger partial charge in [-0.25, -0.2) is 0 Å². The van der Waals surface area contributed by atoms with E-state index >= 15 is 0 Å². The number of aromatic nitrogens is 1. The van der Waals surface area contributed by atoms with E-state index < -0.39 is 0 Å². The first-order valence-electron chi connectivity index (χ1n) is 6.23. The molecule has 19 heavy (non-hydrogen) atoms. The van der Waals surface area contributed by atoms with Gasteiger partial charge < -0.3 is 9.47 Å². The minimum Gasteiger partial charge on any atom is -0.343 e. The third-order valence-electron chi connectivity index (χ3n) is 3.12. The van der Waals surface area contributed by atoms with Crippen LogP contribution in [0.15, 0.2) is 41.0 Å². The highest BCUT2D eigenvalue weighted by atomic mass is 79.9. The highest BCUT2D eigenvalue weighted by Crippen LogP contribution is 2.20. The van der Waals surface area contributed by atoms with E-state index in [1.54, 1.807) is 11.9 Å². The minimum absolute atomic E-state index is 0.00171. The monoisotopic (exact) mass is 320 g/mol. The molecule has 0 fully saturated rings. The largest absolute Gasteiger partial charge is 0.343 e. The first-order chi connectivity index (χ1) is 9.02. The van der Waals surface area contributed by atoms with Gasteiger partial charge >= 0.3 is 0 Å². The molecule has 0 N–H and O–H groups in total. The van der Waals surface area contributed by atoms with Crippen LogP contribution in [0.25, 0.3) is 0 Å². The molecule has 0 unspecified atom stereocenters. The lowest BCUT2D eigenvalue weighted by Gasteiger charge is -2.18. The maximum atomic E-state index is 12.5. The maximum Gasteiger partial charge on any atom is 0.274 e. The second-order valence-electron chi connectivity index (χ2n) is 4.53. The van der Waals surface area contributed by atoms with Crippen LogP contribution in [0, 0.1) is 6.92 Å². The Kier molecular flexibility index (Phi) is 4.10. The van der Waals surface area contributed by atoms with Gasteiger partial charge in [0.05, 0.1) is 0 Å². The summed E-state index contributed by atoms with van der Waals surface area (Å²) in [6.07, 6.45) is 1.93. The van der Waals surface area contributed by atoms with Crippen molar-refractivity contribution in [1.82, 2.24) is 4.57 Å². The van der Waals surface area contributed by atoms with Gasteiger partial charge in [-0.1, -0.05) is 12.1 Å². The third-order valence-corrected chi connectivity index (χ3v) is 3.55. The number of aryl methyl sites for hydroxylation is 2. The van der Waals surface area contributed by atoms with E-state index in [0.717, 1.165) is 22.3 Å². The van der Waals surface area contributed by atoms with Crippen molar-refractivity contribution in [3.05, 3.63) is 52.3 Å². The smallest absolute Gasteiger partial charge is 0.274 e. The highest BCUT2D eigenvalue weighted by molar-refractivity contribution is 9.10. The summed E-state index contributed by atoms with van der Waals surface area (Å²) in [6.45, 7) is 4.82. The molecule has 0 saturated heterocycles. The Morgan fingerprint density at radius 3 is 2.74 bits per heavy atom. The molecule has 1 aromatic carbocycles. The van der Waals surface area contributed by atoms with Crippen LogP contribution in [0.2, 0.25) is 0 Å². The van der Waals surface area contributed by atoms with Crippen LogP contribution >= 0.6 is 15.9 Å². The Bertz CT molecular complexity index is 604. The van der Waals surface area contributed by atoms with Gasteiger partial charge in [0, 0.05) is 29.9 Å². The van der Waals surface area contributed by atoms with Crippen molar-refractivity contribution in [3.8, 4) is 0 Å². The highest BCUT2D eigenvalue weighted by Gasteiger charge is 2.17. The molecule has 1 aromatic heterocycles. The van der Waals surface area contributed by atoms with Crippen LogP contribution in [0.1, 0.15) is 23.0 Å². The molecule has 2 rings (SSSR count). The molecular formula is C15H17BrN2O. The molecular weight excluding hydrogens is 304 g/mol. The van der Waals surface area contributed by atoms with E-state index in [4.69, 9.17) is 0 Å². The number of nitrogens with zero attached hydrogens (tertiary/aromatic N) is 2. The van der Waals surface area contributed by atoms with Crippen molar-refractivity contribution in [2.24, 2.45) is 0 Å². The van der Waals surface area contributed by atoms with Gasteiger partial charge in [-0.2, -0.15) is 0 Å². The maximum absolute atomic E-state index is 12.5. The number of hydrogen-bond acceptors (Lipinski definition) is 1. The molecule has 0 radical (unpaired) electrons. The normalized spacial score (nSPS) is 10.5. The average Bonchev–Trinajstić information content (AvgIpc) is 2.78. The quantitative estimate of drug-likeness (QED) is 0.843. The number of carbonyl (C=O) groups is 1. The van der Waals surface area contributed by atoms with Crippen LogP contribution in [-0.4, -0.2) is 17.5 Å². The molecule has 4 heteroatoms. The molecule has 0 saturated carbocycles. The lowest BCUT2D eigenvalue weighted by molar-refractivity contribution is 0.0984. The number of halogens is 1. The first kappa shape index (κ1) is 13.9. The Balaban J connectivity index is 2.33. The zero-order valence-corrected chi connectivity index (χ0v) is 12.9. The molecule has 0 spiro atoms. The fraction of sp³-hybridized carbons (Fsp3) is 0.267. The summed E-state index contributed by atoms with van der Waals surface area (Å²) >= 11 is 3.42. The summed E-state index contributed by atoms with van der Waals surface area (Å²) in [5.41, 5.74) is 2.74.